The van der Waals surface area contributed by atoms with Crippen molar-refractivity contribution in [3.63, 3.8) is 0 Å². The Bertz CT molecular complexity index is 396. The Morgan fingerprint density at radius 2 is 2.35 bits per heavy atom. The van der Waals surface area contributed by atoms with Crippen molar-refractivity contribution in [1.82, 2.24) is 14.9 Å². The van der Waals surface area contributed by atoms with Crippen LogP contribution in [0.1, 0.15) is 42.4 Å². The molecule has 0 amide bonds. The minimum absolute atomic E-state index is 0.739. The van der Waals surface area contributed by atoms with E-state index in [1.165, 1.54) is 30.1 Å². The summed E-state index contributed by atoms with van der Waals surface area (Å²) in [6.07, 6.45) is 4.87. The predicted molar refractivity (Wildman–Crippen MR) is 66.1 cm³/mol. The van der Waals surface area contributed by atoms with Gasteiger partial charge in [0.2, 0.25) is 0 Å². The van der Waals surface area contributed by atoms with Crippen LogP contribution in [0.3, 0.4) is 0 Å². The molecule has 1 aromatic heterocycles. The molecule has 1 aromatic rings. The van der Waals surface area contributed by atoms with Crippen LogP contribution in [0.15, 0.2) is 0 Å². The lowest BCUT2D eigenvalue weighted by Crippen LogP contribution is -2.25. The number of hydrogen-bond donors (Lipinski definition) is 1. The number of hydrogen-bond acceptors (Lipinski definition) is 3. The summed E-state index contributed by atoms with van der Waals surface area (Å²) in [7, 11) is 1.77. The third-order valence-corrected chi connectivity index (χ3v) is 3.69. The number of imidazole rings is 1. The molecule has 0 spiro atoms. The molecular weight excluding hydrogens is 214 g/mol. The Morgan fingerprint density at radius 1 is 1.47 bits per heavy atom. The Labute approximate surface area is 102 Å². The zero-order chi connectivity index (χ0) is 11.7. The molecule has 0 unspecified atom stereocenters. The van der Waals surface area contributed by atoms with Crippen molar-refractivity contribution in [1.29, 1.82) is 0 Å². The number of aromatic nitrogens is 2. The normalized spacial score (nSPS) is 19.4. The maximum absolute atomic E-state index is 5.15. The third-order valence-electron chi connectivity index (χ3n) is 3.69. The van der Waals surface area contributed by atoms with Crippen molar-refractivity contribution in [2.75, 3.05) is 20.3 Å². The largest absolute Gasteiger partial charge is 0.385 e. The molecule has 4 heteroatoms. The van der Waals surface area contributed by atoms with Gasteiger partial charge in [0.1, 0.15) is 5.82 Å². The maximum Gasteiger partial charge on any atom is 0.112 e. The second-order valence-corrected chi connectivity index (χ2v) is 5.06. The summed E-state index contributed by atoms with van der Waals surface area (Å²) < 4.78 is 7.63. The molecule has 0 aromatic carbocycles. The van der Waals surface area contributed by atoms with E-state index in [0.717, 1.165) is 45.0 Å². The molecule has 2 aliphatic rings. The minimum Gasteiger partial charge on any atom is -0.385 e. The minimum atomic E-state index is 0.739. The molecule has 3 rings (SSSR count). The first-order valence-electron chi connectivity index (χ1n) is 6.68. The first-order chi connectivity index (χ1) is 8.40. The molecule has 0 saturated heterocycles. The summed E-state index contributed by atoms with van der Waals surface area (Å²) in [6, 6.07) is 0. The smallest absolute Gasteiger partial charge is 0.112 e. The SMILES string of the molecule is COCCCn1c(C2CC2)nc2c1CCNC2. The summed E-state index contributed by atoms with van der Waals surface area (Å²) in [4.78, 5) is 4.85. The van der Waals surface area contributed by atoms with Crippen LogP contribution in [0.4, 0.5) is 0 Å². The highest BCUT2D eigenvalue weighted by Crippen LogP contribution is 2.40. The first-order valence-corrected chi connectivity index (χ1v) is 6.68. The van der Waals surface area contributed by atoms with E-state index in [2.05, 4.69) is 9.88 Å². The third kappa shape index (κ3) is 2.24. The van der Waals surface area contributed by atoms with Crippen molar-refractivity contribution in [3.05, 3.63) is 17.2 Å². The second kappa shape index (κ2) is 4.78. The Morgan fingerprint density at radius 3 is 3.12 bits per heavy atom. The Kier molecular flexibility index (Phi) is 3.16. The molecule has 17 heavy (non-hydrogen) atoms. The zero-order valence-electron chi connectivity index (χ0n) is 10.5. The van der Waals surface area contributed by atoms with Gasteiger partial charge in [-0.15, -0.1) is 0 Å². The van der Waals surface area contributed by atoms with E-state index in [1.807, 2.05) is 0 Å². The summed E-state index contributed by atoms with van der Waals surface area (Å²) in [5.41, 5.74) is 2.76. The lowest BCUT2D eigenvalue weighted by atomic mass is 10.2. The zero-order valence-corrected chi connectivity index (χ0v) is 10.5. The van der Waals surface area contributed by atoms with Crippen molar-refractivity contribution in [2.24, 2.45) is 0 Å². The van der Waals surface area contributed by atoms with E-state index >= 15 is 0 Å². The van der Waals surface area contributed by atoms with Gasteiger partial charge >= 0.3 is 0 Å². The summed E-state index contributed by atoms with van der Waals surface area (Å²) in [6.45, 7) is 3.96. The van der Waals surface area contributed by atoms with Crippen LogP contribution >= 0.6 is 0 Å². The van der Waals surface area contributed by atoms with Gasteiger partial charge in [0.15, 0.2) is 0 Å². The molecule has 0 atom stereocenters. The van der Waals surface area contributed by atoms with Crippen molar-refractivity contribution < 1.29 is 4.74 Å². The van der Waals surface area contributed by atoms with Crippen molar-refractivity contribution in [3.8, 4) is 0 Å². The molecular formula is C13H21N3O. The molecule has 0 bridgehead atoms. The maximum atomic E-state index is 5.15. The van der Waals surface area contributed by atoms with E-state index in [1.54, 1.807) is 7.11 Å². The number of rotatable bonds is 5. The van der Waals surface area contributed by atoms with Crippen LogP contribution < -0.4 is 5.32 Å². The quantitative estimate of drug-likeness (QED) is 0.785. The van der Waals surface area contributed by atoms with Gasteiger partial charge in [-0.05, 0) is 19.3 Å². The van der Waals surface area contributed by atoms with E-state index < -0.39 is 0 Å². The fraction of sp³-hybridized carbons (Fsp3) is 0.769. The van der Waals surface area contributed by atoms with Gasteiger partial charge in [-0.1, -0.05) is 0 Å². The van der Waals surface area contributed by atoms with Gasteiger partial charge in [-0.25, -0.2) is 4.98 Å². The van der Waals surface area contributed by atoms with E-state index in [0.29, 0.717) is 0 Å². The standard InChI is InChI=1S/C13H21N3O/c1-17-8-2-7-16-12-5-6-14-9-11(12)15-13(16)10-3-4-10/h10,14H,2-9H2,1H3. The highest BCUT2D eigenvalue weighted by Gasteiger charge is 2.31. The fourth-order valence-electron chi connectivity index (χ4n) is 2.66. The van der Waals surface area contributed by atoms with Crippen LogP contribution in [0.2, 0.25) is 0 Å². The first kappa shape index (κ1) is 11.2. The molecule has 94 valence electrons. The number of nitrogens with zero attached hydrogens (tertiary/aromatic N) is 2. The van der Waals surface area contributed by atoms with Crippen LogP contribution in [0.5, 0.6) is 0 Å². The van der Waals surface area contributed by atoms with Gasteiger partial charge in [0.25, 0.3) is 0 Å². The second-order valence-electron chi connectivity index (χ2n) is 5.06. The Balaban J connectivity index is 1.83. The molecule has 1 N–H and O–H groups in total. The molecule has 1 aliphatic carbocycles. The van der Waals surface area contributed by atoms with Crippen LogP contribution in [0, 0.1) is 0 Å². The van der Waals surface area contributed by atoms with E-state index in [4.69, 9.17) is 9.72 Å². The lowest BCUT2D eigenvalue weighted by molar-refractivity contribution is 0.189. The average Bonchev–Trinajstić information content (AvgIpc) is 3.13. The van der Waals surface area contributed by atoms with Gasteiger partial charge in [0, 0.05) is 51.4 Å². The predicted octanol–water partition coefficient (Wildman–Crippen LogP) is 1.44. The molecule has 1 fully saturated rings. The van der Waals surface area contributed by atoms with Gasteiger partial charge in [-0.3, -0.25) is 0 Å². The summed E-state index contributed by atoms with van der Waals surface area (Å²) in [5.74, 6) is 2.08. The highest BCUT2D eigenvalue weighted by atomic mass is 16.5. The molecule has 1 saturated carbocycles. The lowest BCUT2D eigenvalue weighted by Gasteiger charge is -2.16. The fourth-order valence-corrected chi connectivity index (χ4v) is 2.66. The summed E-state index contributed by atoms with van der Waals surface area (Å²) >= 11 is 0. The topological polar surface area (TPSA) is 39.1 Å². The van der Waals surface area contributed by atoms with Crippen molar-refractivity contribution in [2.45, 2.75) is 44.7 Å². The monoisotopic (exact) mass is 235 g/mol. The van der Waals surface area contributed by atoms with E-state index in [9.17, 15) is 0 Å². The number of nitrogens with one attached hydrogen (secondary N) is 1. The number of methoxy groups -OCH3 is 1. The average molecular weight is 235 g/mol. The van der Waals surface area contributed by atoms with Crippen LogP contribution in [0.25, 0.3) is 0 Å². The Hall–Kier alpha value is -0.870. The number of fused-ring (bicyclic) bond motifs is 1. The van der Waals surface area contributed by atoms with E-state index in [-0.39, 0.29) is 0 Å². The molecule has 1 aliphatic heterocycles. The summed E-state index contributed by atoms with van der Waals surface area (Å²) in [5, 5.41) is 3.41. The van der Waals surface area contributed by atoms with Gasteiger partial charge < -0.3 is 14.6 Å². The van der Waals surface area contributed by atoms with Crippen LogP contribution in [-0.2, 0) is 24.2 Å². The number of ether oxygens (including phenoxy) is 1. The van der Waals surface area contributed by atoms with Crippen molar-refractivity contribution >= 4 is 0 Å². The van der Waals surface area contributed by atoms with Crippen LogP contribution in [-0.4, -0.2) is 29.8 Å². The molecule has 4 nitrogen and oxygen atoms in total. The molecule has 2 heterocycles. The highest BCUT2D eigenvalue weighted by molar-refractivity contribution is 5.24. The van der Waals surface area contributed by atoms with Gasteiger partial charge in [0.05, 0.1) is 5.69 Å². The van der Waals surface area contributed by atoms with Gasteiger partial charge in [-0.2, -0.15) is 0 Å². The molecule has 0 radical (unpaired) electrons.